The zero-order valence-corrected chi connectivity index (χ0v) is 10.3. The fourth-order valence-corrected chi connectivity index (χ4v) is 3.09. The highest BCUT2D eigenvalue weighted by atomic mass is 16.5. The molecule has 2 aliphatic rings. The number of rotatable bonds is 4. The van der Waals surface area contributed by atoms with Crippen molar-refractivity contribution in [3.8, 4) is 0 Å². The van der Waals surface area contributed by atoms with E-state index >= 15 is 0 Å². The molecule has 94 valence electrons. The van der Waals surface area contributed by atoms with Crippen molar-refractivity contribution < 1.29 is 9.84 Å². The molecular weight excluding hydrogens is 202 g/mol. The lowest BCUT2D eigenvalue weighted by Crippen LogP contribution is -2.45. The lowest BCUT2D eigenvalue weighted by molar-refractivity contribution is -0.00333. The largest absolute Gasteiger partial charge is 0.396 e. The first-order chi connectivity index (χ1) is 7.83. The Morgan fingerprint density at radius 1 is 1.31 bits per heavy atom. The summed E-state index contributed by atoms with van der Waals surface area (Å²) in [5, 5.41) is 13.0. The molecular formula is C13H25NO2. The maximum Gasteiger partial charge on any atom is 0.0587 e. The molecule has 0 radical (unpaired) electrons. The summed E-state index contributed by atoms with van der Waals surface area (Å²) in [7, 11) is 0. The topological polar surface area (TPSA) is 41.5 Å². The van der Waals surface area contributed by atoms with E-state index in [1.165, 1.54) is 19.3 Å². The zero-order valence-electron chi connectivity index (χ0n) is 10.3. The van der Waals surface area contributed by atoms with Gasteiger partial charge in [0.05, 0.1) is 6.10 Å². The van der Waals surface area contributed by atoms with Crippen molar-refractivity contribution in [3.63, 3.8) is 0 Å². The quantitative estimate of drug-likeness (QED) is 0.768. The lowest BCUT2D eigenvalue weighted by Gasteiger charge is -2.33. The van der Waals surface area contributed by atoms with Crippen molar-refractivity contribution in [3.05, 3.63) is 0 Å². The van der Waals surface area contributed by atoms with Gasteiger partial charge in [-0.2, -0.15) is 0 Å². The molecule has 0 spiro atoms. The highest BCUT2D eigenvalue weighted by molar-refractivity contribution is 4.87. The Bertz CT molecular complexity index is 210. The highest BCUT2D eigenvalue weighted by Gasteiger charge is 2.30. The second-order valence-electron chi connectivity index (χ2n) is 5.27. The van der Waals surface area contributed by atoms with Gasteiger partial charge in [0.15, 0.2) is 0 Å². The number of hydrogen-bond acceptors (Lipinski definition) is 3. The number of nitrogens with one attached hydrogen (secondary N) is 1. The highest BCUT2D eigenvalue weighted by Crippen LogP contribution is 2.27. The van der Waals surface area contributed by atoms with Gasteiger partial charge in [0, 0.05) is 25.3 Å². The molecule has 0 bridgehead atoms. The monoisotopic (exact) mass is 227 g/mol. The fourth-order valence-electron chi connectivity index (χ4n) is 3.09. The van der Waals surface area contributed by atoms with E-state index in [9.17, 15) is 5.11 Å². The zero-order chi connectivity index (χ0) is 11.4. The van der Waals surface area contributed by atoms with Crippen LogP contribution in [0.15, 0.2) is 0 Å². The molecule has 0 aromatic carbocycles. The van der Waals surface area contributed by atoms with Crippen LogP contribution in [-0.2, 0) is 4.74 Å². The molecule has 3 nitrogen and oxygen atoms in total. The third-order valence-electron chi connectivity index (χ3n) is 4.17. The van der Waals surface area contributed by atoms with Gasteiger partial charge in [-0.1, -0.05) is 13.3 Å². The van der Waals surface area contributed by atoms with Crippen LogP contribution in [0.4, 0.5) is 0 Å². The standard InChI is InChI=1S/C13H25NO2/c1-2-12-8-11(6-7-16-12)14-13-5-3-4-10(13)9-15/h10-15H,2-9H2,1H3. The van der Waals surface area contributed by atoms with Crippen molar-refractivity contribution >= 4 is 0 Å². The van der Waals surface area contributed by atoms with E-state index in [0.29, 0.717) is 30.7 Å². The molecule has 2 N–H and O–H groups in total. The van der Waals surface area contributed by atoms with E-state index in [1.54, 1.807) is 0 Å². The van der Waals surface area contributed by atoms with Gasteiger partial charge in [0.2, 0.25) is 0 Å². The van der Waals surface area contributed by atoms with Crippen LogP contribution in [0.3, 0.4) is 0 Å². The van der Waals surface area contributed by atoms with Crippen LogP contribution in [0.1, 0.15) is 45.4 Å². The first-order valence-electron chi connectivity index (χ1n) is 6.82. The summed E-state index contributed by atoms with van der Waals surface area (Å²) in [6, 6.07) is 1.15. The molecule has 2 fully saturated rings. The Labute approximate surface area is 98.6 Å². The van der Waals surface area contributed by atoms with Gasteiger partial charge >= 0.3 is 0 Å². The van der Waals surface area contributed by atoms with Crippen molar-refractivity contribution in [2.24, 2.45) is 5.92 Å². The van der Waals surface area contributed by atoms with Crippen LogP contribution >= 0.6 is 0 Å². The molecule has 1 saturated carbocycles. The van der Waals surface area contributed by atoms with Gasteiger partial charge < -0.3 is 15.2 Å². The van der Waals surface area contributed by atoms with E-state index in [2.05, 4.69) is 12.2 Å². The van der Waals surface area contributed by atoms with Gasteiger partial charge in [-0.3, -0.25) is 0 Å². The average molecular weight is 227 g/mol. The van der Waals surface area contributed by atoms with E-state index in [4.69, 9.17) is 4.74 Å². The summed E-state index contributed by atoms with van der Waals surface area (Å²) >= 11 is 0. The smallest absolute Gasteiger partial charge is 0.0587 e. The molecule has 1 aliphatic heterocycles. The van der Waals surface area contributed by atoms with Crippen LogP contribution in [0.2, 0.25) is 0 Å². The summed E-state index contributed by atoms with van der Waals surface area (Å²) in [6.45, 7) is 3.43. The van der Waals surface area contributed by atoms with Gasteiger partial charge in [0.25, 0.3) is 0 Å². The molecule has 0 aromatic rings. The SMILES string of the molecule is CCC1CC(NC2CCCC2CO)CCO1. The fraction of sp³-hybridized carbons (Fsp3) is 1.00. The second kappa shape index (κ2) is 5.99. The van der Waals surface area contributed by atoms with Crippen LogP contribution in [-0.4, -0.2) is 36.5 Å². The third-order valence-corrected chi connectivity index (χ3v) is 4.17. The molecule has 4 atom stereocenters. The summed E-state index contributed by atoms with van der Waals surface area (Å²) < 4.78 is 5.69. The Kier molecular flexibility index (Phi) is 4.62. The summed E-state index contributed by atoms with van der Waals surface area (Å²) in [5.41, 5.74) is 0. The molecule has 0 amide bonds. The van der Waals surface area contributed by atoms with Crippen molar-refractivity contribution in [1.29, 1.82) is 0 Å². The van der Waals surface area contributed by atoms with E-state index < -0.39 is 0 Å². The maximum atomic E-state index is 9.30. The van der Waals surface area contributed by atoms with Crippen LogP contribution in [0, 0.1) is 5.92 Å². The molecule has 1 saturated heterocycles. The van der Waals surface area contributed by atoms with Crippen LogP contribution < -0.4 is 5.32 Å². The minimum Gasteiger partial charge on any atom is -0.396 e. The molecule has 2 rings (SSSR count). The predicted molar refractivity (Wildman–Crippen MR) is 64.4 cm³/mol. The number of hydrogen-bond donors (Lipinski definition) is 2. The summed E-state index contributed by atoms with van der Waals surface area (Å²) in [6.07, 6.45) is 7.53. The van der Waals surface area contributed by atoms with Gasteiger partial charge in [-0.05, 0) is 38.0 Å². The average Bonchev–Trinajstić information content (AvgIpc) is 2.76. The number of ether oxygens (including phenoxy) is 1. The maximum absolute atomic E-state index is 9.30. The van der Waals surface area contributed by atoms with E-state index in [1.807, 2.05) is 0 Å². The second-order valence-corrected chi connectivity index (χ2v) is 5.27. The molecule has 4 unspecified atom stereocenters. The molecule has 0 aromatic heterocycles. The number of aliphatic hydroxyl groups is 1. The third kappa shape index (κ3) is 2.96. The molecule has 1 heterocycles. The lowest BCUT2D eigenvalue weighted by atomic mass is 9.98. The Hall–Kier alpha value is -0.120. The predicted octanol–water partition coefficient (Wildman–Crippen LogP) is 1.69. The van der Waals surface area contributed by atoms with E-state index in [-0.39, 0.29) is 0 Å². The first-order valence-corrected chi connectivity index (χ1v) is 6.82. The number of aliphatic hydroxyl groups excluding tert-OH is 1. The Morgan fingerprint density at radius 3 is 2.94 bits per heavy atom. The van der Waals surface area contributed by atoms with E-state index in [0.717, 1.165) is 25.9 Å². The molecule has 3 heteroatoms. The van der Waals surface area contributed by atoms with Crippen molar-refractivity contribution in [1.82, 2.24) is 5.32 Å². The minimum atomic E-state index is 0.345. The Morgan fingerprint density at radius 2 is 2.19 bits per heavy atom. The van der Waals surface area contributed by atoms with Crippen molar-refractivity contribution in [2.45, 2.75) is 63.6 Å². The van der Waals surface area contributed by atoms with Gasteiger partial charge in [-0.25, -0.2) is 0 Å². The van der Waals surface area contributed by atoms with Crippen molar-refractivity contribution in [2.75, 3.05) is 13.2 Å². The summed E-state index contributed by atoms with van der Waals surface area (Å²) in [4.78, 5) is 0. The first kappa shape index (κ1) is 12.3. The molecule has 16 heavy (non-hydrogen) atoms. The van der Waals surface area contributed by atoms with Gasteiger partial charge in [-0.15, -0.1) is 0 Å². The van der Waals surface area contributed by atoms with Crippen LogP contribution in [0.5, 0.6) is 0 Å². The normalized spacial score (nSPS) is 40.1. The minimum absolute atomic E-state index is 0.345. The molecule has 1 aliphatic carbocycles. The Balaban J connectivity index is 1.79. The summed E-state index contributed by atoms with van der Waals surface area (Å²) in [5.74, 6) is 0.489. The van der Waals surface area contributed by atoms with Crippen LogP contribution in [0.25, 0.3) is 0 Å². The van der Waals surface area contributed by atoms with Gasteiger partial charge in [0.1, 0.15) is 0 Å².